The molecule has 0 aromatic heterocycles. The van der Waals surface area contributed by atoms with E-state index in [0.29, 0.717) is 0 Å². The smallest absolute Gasteiger partial charge is 0.440 e. The summed E-state index contributed by atoms with van der Waals surface area (Å²) in [5.41, 5.74) is 0.829. The van der Waals surface area contributed by atoms with E-state index in [9.17, 15) is 9.36 Å². The third kappa shape index (κ3) is 3.12. The topological polar surface area (TPSA) is 65.1 Å². The molecule has 1 aromatic carbocycles. The van der Waals surface area contributed by atoms with Gasteiger partial charge in [0.05, 0.1) is 13.2 Å². The number of hydrogen-bond donors (Lipinski definition) is 0. The third-order valence-corrected chi connectivity index (χ3v) is 5.28. The van der Waals surface area contributed by atoms with E-state index in [-0.39, 0.29) is 13.2 Å². The van der Waals surface area contributed by atoms with Crippen LogP contribution in [0.5, 0.6) is 0 Å². The number of hydrogen-bond acceptors (Lipinski definition) is 5. The molecule has 0 unspecified atom stereocenters. The second-order valence-corrected chi connectivity index (χ2v) is 6.48. The lowest BCUT2D eigenvalue weighted by Crippen LogP contribution is -2.28. The fourth-order valence-corrected chi connectivity index (χ4v) is 4.24. The van der Waals surface area contributed by atoms with Crippen molar-refractivity contribution < 1.29 is 23.1 Å². The number of carbonyl (C=O) groups excluding carboxylic acids is 1. The van der Waals surface area contributed by atoms with E-state index in [0.717, 1.165) is 10.2 Å². The van der Waals surface area contributed by atoms with Gasteiger partial charge < -0.3 is 4.74 Å². The van der Waals surface area contributed by atoms with Crippen molar-refractivity contribution in [3.8, 4) is 0 Å². The predicted molar refractivity (Wildman–Crippen MR) is 77.8 cm³/mol. The molecule has 0 N–H and O–H groups in total. The molecule has 2 atom stereocenters. The average molecular weight is 313 g/mol. The standard InChI is InChI=1S/C14H20NO5P/c1-4-18-21(17,19-5-2)15-13(11(3)20-14(15)16)12-9-7-6-8-10-12/h6-11,13H,4-5H2,1-3H3/t11-,13-/m1/s1. The van der Waals surface area contributed by atoms with Crippen molar-refractivity contribution in [2.45, 2.75) is 32.9 Å². The SMILES string of the molecule is CCOP(=O)(OCC)N1C(=O)O[C@H](C)[C@@H]1c1ccccc1. The minimum Gasteiger partial charge on any atom is -0.443 e. The lowest BCUT2D eigenvalue weighted by Gasteiger charge is -2.29. The lowest BCUT2D eigenvalue weighted by molar-refractivity contribution is 0.136. The first kappa shape index (κ1) is 16.0. The van der Waals surface area contributed by atoms with Crippen molar-refractivity contribution in [2.75, 3.05) is 13.2 Å². The highest BCUT2D eigenvalue weighted by molar-refractivity contribution is 7.52. The largest absolute Gasteiger partial charge is 0.443 e. The number of benzene rings is 1. The Morgan fingerprint density at radius 1 is 1.19 bits per heavy atom. The monoisotopic (exact) mass is 313 g/mol. The van der Waals surface area contributed by atoms with E-state index < -0.39 is 26.0 Å². The van der Waals surface area contributed by atoms with Crippen molar-refractivity contribution in [1.29, 1.82) is 0 Å². The van der Waals surface area contributed by atoms with Gasteiger partial charge in [0, 0.05) is 0 Å². The van der Waals surface area contributed by atoms with Gasteiger partial charge in [-0.3, -0.25) is 9.05 Å². The first-order chi connectivity index (χ1) is 10.0. The van der Waals surface area contributed by atoms with E-state index in [1.54, 1.807) is 20.8 Å². The third-order valence-electron chi connectivity index (χ3n) is 3.17. The van der Waals surface area contributed by atoms with Gasteiger partial charge in [-0.05, 0) is 26.3 Å². The maximum Gasteiger partial charge on any atom is 0.440 e. The predicted octanol–water partition coefficient (Wildman–Crippen LogP) is 3.75. The maximum atomic E-state index is 12.9. The molecular weight excluding hydrogens is 293 g/mol. The summed E-state index contributed by atoms with van der Waals surface area (Å²) in [6.07, 6.45) is -1.12. The van der Waals surface area contributed by atoms with Crippen LogP contribution >= 0.6 is 7.75 Å². The van der Waals surface area contributed by atoms with Gasteiger partial charge in [0.2, 0.25) is 0 Å². The molecule has 21 heavy (non-hydrogen) atoms. The summed E-state index contributed by atoms with van der Waals surface area (Å²) in [4.78, 5) is 12.1. The Morgan fingerprint density at radius 3 is 2.29 bits per heavy atom. The molecule has 1 aliphatic rings. The van der Waals surface area contributed by atoms with E-state index in [4.69, 9.17) is 13.8 Å². The highest BCUT2D eigenvalue weighted by Crippen LogP contribution is 2.59. The minimum absolute atomic E-state index is 0.178. The molecular formula is C14H20NO5P. The van der Waals surface area contributed by atoms with Crippen LogP contribution in [0.25, 0.3) is 0 Å². The fourth-order valence-electron chi connectivity index (χ4n) is 2.39. The second kappa shape index (κ2) is 6.60. The molecule has 1 aromatic rings. The Morgan fingerprint density at radius 2 is 1.76 bits per heavy atom. The Kier molecular flexibility index (Phi) is 5.04. The molecule has 0 spiro atoms. The normalized spacial score (nSPS) is 22.4. The maximum absolute atomic E-state index is 12.9. The van der Waals surface area contributed by atoms with Crippen LogP contribution < -0.4 is 0 Å². The number of ether oxygens (including phenoxy) is 1. The summed E-state index contributed by atoms with van der Waals surface area (Å²) in [6, 6.07) is 8.81. The van der Waals surface area contributed by atoms with Crippen molar-refractivity contribution in [2.24, 2.45) is 0 Å². The average Bonchev–Trinajstić information content (AvgIpc) is 2.75. The van der Waals surface area contributed by atoms with Crippen LogP contribution in [-0.2, 0) is 18.3 Å². The van der Waals surface area contributed by atoms with Gasteiger partial charge in [-0.2, -0.15) is 0 Å². The van der Waals surface area contributed by atoms with Gasteiger partial charge in [0.25, 0.3) is 0 Å². The molecule has 116 valence electrons. The van der Waals surface area contributed by atoms with Crippen LogP contribution in [0.1, 0.15) is 32.4 Å². The number of cyclic esters (lactones) is 1. The number of amides is 1. The van der Waals surface area contributed by atoms with Crippen LogP contribution in [0, 0.1) is 0 Å². The van der Waals surface area contributed by atoms with E-state index in [1.165, 1.54) is 0 Å². The molecule has 0 saturated carbocycles. The van der Waals surface area contributed by atoms with Crippen LogP contribution in [0.3, 0.4) is 0 Å². The van der Waals surface area contributed by atoms with Crippen LogP contribution in [-0.4, -0.2) is 30.1 Å². The van der Waals surface area contributed by atoms with Crippen molar-refractivity contribution in [1.82, 2.24) is 4.67 Å². The summed E-state index contributed by atoms with van der Waals surface area (Å²) in [5.74, 6) is 0. The highest BCUT2D eigenvalue weighted by atomic mass is 31.2. The highest BCUT2D eigenvalue weighted by Gasteiger charge is 2.51. The van der Waals surface area contributed by atoms with Gasteiger partial charge in [-0.25, -0.2) is 14.0 Å². The molecule has 0 aliphatic carbocycles. The number of carbonyl (C=O) groups is 1. The van der Waals surface area contributed by atoms with Gasteiger partial charge in [0.1, 0.15) is 12.1 Å². The molecule has 2 rings (SSSR count). The molecule has 1 saturated heterocycles. The summed E-state index contributed by atoms with van der Waals surface area (Å²) in [5, 5.41) is 0. The molecule has 1 amide bonds. The fraction of sp³-hybridized carbons (Fsp3) is 0.500. The van der Waals surface area contributed by atoms with Gasteiger partial charge in [0.15, 0.2) is 0 Å². The van der Waals surface area contributed by atoms with Crippen molar-refractivity contribution in [3.05, 3.63) is 35.9 Å². The first-order valence-corrected chi connectivity index (χ1v) is 8.47. The summed E-state index contributed by atoms with van der Waals surface area (Å²) < 4.78 is 29.8. The zero-order valence-corrected chi connectivity index (χ0v) is 13.3. The quantitative estimate of drug-likeness (QED) is 0.748. The molecule has 0 radical (unpaired) electrons. The van der Waals surface area contributed by atoms with Crippen LogP contribution in [0.2, 0.25) is 0 Å². The summed E-state index contributed by atoms with van der Waals surface area (Å²) in [7, 11) is -3.72. The summed E-state index contributed by atoms with van der Waals surface area (Å²) in [6.45, 7) is 5.52. The molecule has 7 heteroatoms. The van der Waals surface area contributed by atoms with Crippen molar-refractivity contribution >= 4 is 13.8 Å². The minimum atomic E-state index is -3.72. The van der Waals surface area contributed by atoms with Gasteiger partial charge in [-0.15, -0.1) is 0 Å². The zero-order chi connectivity index (χ0) is 15.5. The first-order valence-electron chi connectivity index (χ1n) is 6.98. The molecule has 1 aliphatic heterocycles. The Hall–Kier alpha value is -1.36. The van der Waals surface area contributed by atoms with Crippen LogP contribution in [0.15, 0.2) is 30.3 Å². The lowest BCUT2D eigenvalue weighted by atomic mass is 10.0. The molecule has 1 fully saturated rings. The Bertz CT molecular complexity index is 525. The second-order valence-electron chi connectivity index (χ2n) is 4.59. The summed E-state index contributed by atoms with van der Waals surface area (Å²) >= 11 is 0. The number of nitrogens with zero attached hydrogens (tertiary/aromatic N) is 1. The molecule has 1 heterocycles. The zero-order valence-electron chi connectivity index (χ0n) is 12.4. The van der Waals surface area contributed by atoms with E-state index in [1.807, 2.05) is 30.3 Å². The Balaban J connectivity index is 2.42. The molecule has 0 bridgehead atoms. The van der Waals surface area contributed by atoms with Gasteiger partial charge >= 0.3 is 13.8 Å². The van der Waals surface area contributed by atoms with Crippen molar-refractivity contribution in [3.63, 3.8) is 0 Å². The number of rotatable bonds is 6. The van der Waals surface area contributed by atoms with E-state index >= 15 is 0 Å². The van der Waals surface area contributed by atoms with E-state index in [2.05, 4.69) is 0 Å². The Labute approximate surface area is 124 Å². The van der Waals surface area contributed by atoms with Crippen LogP contribution in [0.4, 0.5) is 4.79 Å². The van der Waals surface area contributed by atoms with Gasteiger partial charge in [-0.1, -0.05) is 30.3 Å². The molecule has 6 nitrogen and oxygen atoms in total.